The highest BCUT2D eigenvalue weighted by atomic mass is 32.2. The molecule has 0 fully saturated rings. The van der Waals surface area contributed by atoms with Crippen LogP contribution in [0.2, 0.25) is 0 Å². The number of nitrogen functional groups attached to an aromatic ring is 1. The van der Waals surface area contributed by atoms with Crippen LogP contribution in [0.5, 0.6) is 5.75 Å². The molecule has 0 bridgehead atoms. The van der Waals surface area contributed by atoms with E-state index < -0.39 is 25.6 Å². The van der Waals surface area contributed by atoms with Gasteiger partial charge in [-0.05, 0) is 35.4 Å². The van der Waals surface area contributed by atoms with Crippen molar-refractivity contribution in [1.29, 1.82) is 0 Å². The van der Waals surface area contributed by atoms with Crippen molar-refractivity contribution in [2.75, 3.05) is 12.8 Å². The second-order valence-corrected chi connectivity index (χ2v) is 8.35. The standard InChI is InChI=1S/C22H20N4O7S/c1-33-21-12-20(16(13-27)10-19(21)23)25-24-17-7-3-14(4-8-17)2-5-15-6-9-18(26(28)29)11-22(15)34(30,31)32/h2-12,27H,13,23H2,1H3,(H,30,31,32). The molecule has 0 amide bonds. The number of anilines is 1. The molecule has 0 saturated carbocycles. The average Bonchev–Trinajstić information content (AvgIpc) is 2.81. The molecule has 176 valence electrons. The second kappa shape index (κ2) is 10.2. The first kappa shape index (κ1) is 24.5. The first-order valence-electron chi connectivity index (χ1n) is 9.65. The number of rotatable bonds is 8. The Balaban J connectivity index is 1.83. The number of nitro benzene ring substituents is 1. The Kier molecular flexibility index (Phi) is 7.36. The number of nitrogens with two attached hydrogens (primary N) is 1. The number of hydrogen-bond donors (Lipinski definition) is 3. The third kappa shape index (κ3) is 5.81. The molecule has 0 spiro atoms. The van der Waals surface area contributed by atoms with Crippen LogP contribution in [-0.2, 0) is 16.7 Å². The molecule has 12 heteroatoms. The van der Waals surface area contributed by atoms with Gasteiger partial charge in [0.05, 0.1) is 35.7 Å². The van der Waals surface area contributed by atoms with Crippen molar-refractivity contribution in [3.05, 3.63) is 81.4 Å². The summed E-state index contributed by atoms with van der Waals surface area (Å²) in [5, 5.41) is 28.7. The number of methoxy groups -OCH3 is 1. The van der Waals surface area contributed by atoms with E-state index in [2.05, 4.69) is 10.2 Å². The summed E-state index contributed by atoms with van der Waals surface area (Å²) in [5.41, 5.74) is 7.89. The fraction of sp³-hybridized carbons (Fsp3) is 0.0909. The third-order valence-electron chi connectivity index (χ3n) is 4.71. The van der Waals surface area contributed by atoms with Crippen LogP contribution >= 0.6 is 0 Å². The van der Waals surface area contributed by atoms with Crippen LogP contribution in [0.15, 0.2) is 69.7 Å². The molecular formula is C22H20N4O7S. The zero-order valence-corrected chi connectivity index (χ0v) is 18.6. The fourth-order valence-electron chi connectivity index (χ4n) is 2.98. The van der Waals surface area contributed by atoms with Gasteiger partial charge in [0.15, 0.2) is 0 Å². The van der Waals surface area contributed by atoms with E-state index in [4.69, 9.17) is 10.5 Å². The van der Waals surface area contributed by atoms with Crippen molar-refractivity contribution in [2.45, 2.75) is 11.5 Å². The number of aliphatic hydroxyl groups excluding tert-OH is 1. The number of benzene rings is 3. The Labute approximate surface area is 194 Å². The molecule has 0 aliphatic rings. The number of azo groups is 1. The van der Waals surface area contributed by atoms with Crippen molar-refractivity contribution in [3.8, 4) is 5.75 Å². The van der Waals surface area contributed by atoms with E-state index in [1.807, 2.05) is 0 Å². The quantitative estimate of drug-likeness (QED) is 0.104. The van der Waals surface area contributed by atoms with E-state index in [0.29, 0.717) is 33.9 Å². The summed E-state index contributed by atoms with van der Waals surface area (Å²) < 4.78 is 37.8. The molecule has 11 nitrogen and oxygen atoms in total. The highest BCUT2D eigenvalue weighted by Gasteiger charge is 2.18. The molecule has 0 aliphatic carbocycles. The summed E-state index contributed by atoms with van der Waals surface area (Å²) in [4.78, 5) is 9.58. The Hall–Kier alpha value is -4.13. The van der Waals surface area contributed by atoms with Gasteiger partial charge in [0.1, 0.15) is 10.6 Å². The lowest BCUT2D eigenvalue weighted by Gasteiger charge is -2.08. The van der Waals surface area contributed by atoms with Gasteiger partial charge in [-0.1, -0.05) is 24.3 Å². The molecule has 0 heterocycles. The van der Waals surface area contributed by atoms with Gasteiger partial charge in [0, 0.05) is 23.8 Å². The summed E-state index contributed by atoms with van der Waals surface area (Å²) in [7, 11) is -3.20. The summed E-state index contributed by atoms with van der Waals surface area (Å²) >= 11 is 0. The second-order valence-electron chi connectivity index (χ2n) is 6.96. The first-order chi connectivity index (χ1) is 16.1. The van der Waals surface area contributed by atoms with Gasteiger partial charge in [-0.25, -0.2) is 0 Å². The zero-order chi connectivity index (χ0) is 24.9. The number of hydrogen-bond acceptors (Lipinski definition) is 9. The molecule has 3 rings (SSSR count). The predicted molar refractivity (Wildman–Crippen MR) is 126 cm³/mol. The van der Waals surface area contributed by atoms with Crippen LogP contribution < -0.4 is 10.5 Å². The largest absolute Gasteiger partial charge is 0.495 e. The molecule has 0 unspecified atom stereocenters. The number of nitrogens with zero attached hydrogens (tertiary/aromatic N) is 3. The third-order valence-corrected chi connectivity index (χ3v) is 5.62. The van der Waals surface area contributed by atoms with Crippen molar-refractivity contribution < 1.29 is 27.7 Å². The maximum Gasteiger partial charge on any atom is 0.295 e. The smallest absolute Gasteiger partial charge is 0.295 e. The minimum absolute atomic E-state index is 0.0886. The molecule has 4 N–H and O–H groups in total. The Morgan fingerprint density at radius 2 is 1.79 bits per heavy atom. The molecular weight excluding hydrogens is 464 g/mol. The van der Waals surface area contributed by atoms with Crippen molar-refractivity contribution in [1.82, 2.24) is 0 Å². The van der Waals surface area contributed by atoms with E-state index in [1.165, 1.54) is 19.3 Å². The van der Waals surface area contributed by atoms with Gasteiger partial charge in [0.2, 0.25) is 0 Å². The van der Waals surface area contributed by atoms with Crippen LogP contribution in [0.4, 0.5) is 22.7 Å². The first-order valence-corrected chi connectivity index (χ1v) is 11.1. The van der Waals surface area contributed by atoms with Crippen LogP contribution in [0.3, 0.4) is 0 Å². The summed E-state index contributed by atoms with van der Waals surface area (Å²) in [5.74, 6) is 0.405. The Morgan fingerprint density at radius 3 is 2.38 bits per heavy atom. The lowest BCUT2D eigenvalue weighted by molar-refractivity contribution is -0.385. The van der Waals surface area contributed by atoms with Gasteiger partial charge >= 0.3 is 0 Å². The SMILES string of the molecule is COc1cc(N=Nc2ccc(C=Cc3ccc([N+](=O)[O-])cc3S(=O)(=O)O)cc2)c(CO)cc1N. The summed E-state index contributed by atoms with van der Waals surface area (Å²) in [6.07, 6.45) is 2.99. The minimum atomic E-state index is -4.67. The van der Waals surface area contributed by atoms with Gasteiger partial charge in [-0.3, -0.25) is 14.7 Å². The van der Waals surface area contributed by atoms with E-state index in [9.17, 15) is 28.2 Å². The highest BCUT2D eigenvalue weighted by molar-refractivity contribution is 7.86. The summed E-state index contributed by atoms with van der Waals surface area (Å²) in [6, 6.07) is 13.0. The monoisotopic (exact) mass is 484 g/mol. The normalized spacial score (nSPS) is 11.9. The molecule has 3 aromatic carbocycles. The van der Waals surface area contributed by atoms with Crippen molar-refractivity contribution in [2.24, 2.45) is 10.2 Å². The van der Waals surface area contributed by atoms with Gasteiger partial charge in [-0.15, -0.1) is 0 Å². The van der Waals surface area contributed by atoms with Gasteiger partial charge in [-0.2, -0.15) is 18.6 Å². The van der Waals surface area contributed by atoms with Crippen molar-refractivity contribution in [3.63, 3.8) is 0 Å². The number of nitro groups is 1. The number of ether oxygens (including phenoxy) is 1. The zero-order valence-electron chi connectivity index (χ0n) is 17.8. The molecule has 0 aromatic heterocycles. The maximum absolute atomic E-state index is 11.6. The van der Waals surface area contributed by atoms with Crippen molar-refractivity contribution >= 4 is 45.0 Å². The molecule has 3 aromatic rings. The molecule has 0 radical (unpaired) electrons. The van der Waals surface area contributed by atoms with E-state index in [-0.39, 0.29) is 12.2 Å². The fourth-order valence-corrected chi connectivity index (χ4v) is 3.68. The number of aliphatic hydroxyl groups is 1. The minimum Gasteiger partial charge on any atom is -0.495 e. The van der Waals surface area contributed by atoms with E-state index >= 15 is 0 Å². The van der Waals surface area contributed by atoms with Crippen LogP contribution in [-0.4, -0.2) is 30.1 Å². The topological polar surface area (TPSA) is 178 Å². The van der Waals surface area contributed by atoms with Gasteiger partial charge < -0.3 is 15.6 Å². The lowest BCUT2D eigenvalue weighted by Crippen LogP contribution is -2.02. The molecule has 0 atom stereocenters. The average molecular weight is 484 g/mol. The molecule has 34 heavy (non-hydrogen) atoms. The lowest BCUT2D eigenvalue weighted by atomic mass is 10.1. The summed E-state index contributed by atoms with van der Waals surface area (Å²) in [6.45, 7) is -0.277. The predicted octanol–water partition coefficient (Wildman–Crippen LogP) is 4.51. The van der Waals surface area contributed by atoms with Gasteiger partial charge in [0.25, 0.3) is 15.8 Å². The molecule has 0 saturated heterocycles. The van der Waals surface area contributed by atoms with E-state index in [0.717, 1.165) is 12.1 Å². The van der Waals surface area contributed by atoms with Crippen LogP contribution in [0.1, 0.15) is 16.7 Å². The maximum atomic E-state index is 11.6. The highest BCUT2D eigenvalue weighted by Crippen LogP contribution is 2.32. The van der Waals surface area contributed by atoms with Crippen LogP contribution in [0, 0.1) is 10.1 Å². The molecule has 0 aliphatic heterocycles. The van der Waals surface area contributed by atoms with Crippen LogP contribution in [0.25, 0.3) is 12.2 Å². The van der Waals surface area contributed by atoms with E-state index in [1.54, 1.807) is 42.5 Å². The number of non-ortho nitro benzene ring substituents is 1. The Morgan fingerprint density at radius 1 is 1.09 bits per heavy atom. The Bertz CT molecular complexity index is 1390.